The summed E-state index contributed by atoms with van der Waals surface area (Å²) < 4.78 is 5.99. The fourth-order valence-corrected chi connectivity index (χ4v) is 4.80. The van der Waals surface area contributed by atoms with E-state index in [-0.39, 0.29) is 17.7 Å². The summed E-state index contributed by atoms with van der Waals surface area (Å²) in [4.78, 5) is 25.9. The molecule has 6 heteroatoms. The van der Waals surface area contributed by atoms with Gasteiger partial charge in [0.1, 0.15) is 6.61 Å². The van der Waals surface area contributed by atoms with Gasteiger partial charge in [0.2, 0.25) is 11.8 Å². The first kappa shape index (κ1) is 22.0. The van der Waals surface area contributed by atoms with Crippen molar-refractivity contribution in [3.8, 4) is 11.8 Å². The lowest BCUT2D eigenvalue weighted by Crippen LogP contribution is -2.41. The molecule has 1 atom stereocenters. The van der Waals surface area contributed by atoms with Gasteiger partial charge >= 0.3 is 0 Å². The number of imide groups is 1. The number of amides is 2. The Morgan fingerprint density at radius 2 is 1.74 bits per heavy atom. The van der Waals surface area contributed by atoms with Crippen LogP contribution in [0.2, 0.25) is 0 Å². The highest BCUT2D eigenvalue weighted by Gasteiger charge is 2.27. The summed E-state index contributed by atoms with van der Waals surface area (Å²) >= 11 is 0. The van der Waals surface area contributed by atoms with Crippen LogP contribution in [0.3, 0.4) is 0 Å². The van der Waals surface area contributed by atoms with Gasteiger partial charge in [0, 0.05) is 31.6 Å². The smallest absolute Gasteiger partial charge is 0.234 e. The molecule has 0 saturated carbocycles. The fourth-order valence-electron chi connectivity index (χ4n) is 4.80. The highest BCUT2D eigenvalue weighted by Crippen LogP contribution is 2.25. The van der Waals surface area contributed by atoms with Crippen LogP contribution in [0, 0.1) is 17.8 Å². The molecule has 0 aromatic heterocycles. The number of carbonyl (C=O) groups is 2. The molecule has 1 unspecified atom stereocenters. The van der Waals surface area contributed by atoms with E-state index in [1.54, 1.807) is 0 Å². The molecule has 3 aliphatic heterocycles. The minimum atomic E-state index is -0.247. The van der Waals surface area contributed by atoms with Crippen LogP contribution >= 0.6 is 0 Å². The number of hydrogen-bond acceptors (Lipinski definition) is 5. The Morgan fingerprint density at radius 1 is 1.00 bits per heavy atom. The second kappa shape index (κ2) is 10.9. The van der Waals surface area contributed by atoms with E-state index in [1.807, 2.05) is 24.3 Å². The van der Waals surface area contributed by atoms with Gasteiger partial charge in [0.15, 0.2) is 0 Å². The summed E-state index contributed by atoms with van der Waals surface area (Å²) in [6.45, 7) is 6.29. The van der Waals surface area contributed by atoms with Crippen molar-refractivity contribution in [2.24, 2.45) is 5.92 Å². The molecule has 0 aliphatic carbocycles. The van der Waals surface area contributed by atoms with Gasteiger partial charge in [0.05, 0.1) is 12.0 Å². The first-order chi connectivity index (χ1) is 15.2. The molecule has 0 radical (unpaired) electrons. The molecule has 4 rings (SSSR count). The number of ether oxygens (including phenoxy) is 1. The minimum absolute atomic E-state index is 0.184. The third-order valence-electron chi connectivity index (χ3n) is 6.69. The molecule has 2 amide bonds. The largest absolute Gasteiger partial charge is 0.365 e. The van der Waals surface area contributed by atoms with Crippen LogP contribution in [0.5, 0.6) is 0 Å². The zero-order chi connectivity index (χ0) is 21.5. The number of benzene rings is 1. The van der Waals surface area contributed by atoms with Gasteiger partial charge in [0.25, 0.3) is 0 Å². The molecule has 3 aliphatic rings. The number of nitrogens with zero attached hydrogens (tertiary/aromatic N) is 1. The zero-order valence-electron chi connectivity index (χ0n) is 18.2. The van der Waals surface area contributed by atoms with Gasteiger partial charge in [-0.1, -0.05) is 24.0 Å². The molecule has 3 fully saturated rings. The zero-order valence-corrected chi connectivity index (χ0v) is 18.2. The maximum absolute atomic E-state index is 12.0. The molecule has 0 bridgehead atoms. The summed E-state index contributed by atoms with van der Waals surface area (Å²) in [5.41, 5.74) is 1.85. The summed E-state index contributed by atoms with van der Waals surface area (Å²) in [6, 6.07) is 7.74. The summed E-state index contributed by atoms with van der Waals surface area (Å²) in [7, 11) is 0. The molecule has 1 aromatic rings. The number of hydrogen-bond donors (Lipinski definition) is 2. The molecule has 31 heavy (non-hydrogen) atoms. The fraction of sp³-hybridized carbons (Fsp3) is 0.600. The number of likely N-dealkylation sites (tertiary alicyclic amines) is 1. The topological polar surface area (TPSA) is 70.7 Å². The van der Waals surface area contributed by atoms with Crippen LogP contribution in [0.1, 0.15) is 55.6 Å². The Bertz CT molecular complexity index is 813. The highest BCUT2D eigenvalue weighted by molar-refractivity contribution is 6.00. The van der Waals surface area contributed by atoms with Crippen molar-refractivity contribution in [3.63, 3.8) is 0 Å². The third-order valence-corrected chi connectivity index (χ3v) is 6.69. The molecular formula is C25H33N3O3. The molecule has 0 spiro atoms. The van der Waals surface area contributed by atoms with E-state index in [0.717, 1.165) is 43.0 Å². The number of carbonyl (C=O) groups excluding carboxylic acids is 2. The van der Waals surface area contributed by atoms with Crippen molar-refractivity contribution in [1.29, 1.82) is 0 Å². The van der Waals surface area contributed by atoms with Gasteiger partial charge < -0.3 is 15.0 Å². The van der Waals surface area contributed by atoms with Crippen LogP contribution in [0.4, 0.5) is 0 Å². The van der Waals surface area contributed by atoms with E-state index in [4.69, 9.17) is 4.74 Å². The summed E-state index contributed by atoms with van der Waals surface area (Å²) in [5, 5.41) is 5.85. The highest BCUT2D eigenvalue weighted by atomic mass is 16.5. The van der Waals surface area contributed by atoms with Gasteiger partial charge in [-0.25, -0.2) is 0 Å². The Balaban J connectivity index is 1.17. The van der Waals surface area contributed by atoms with E-state index < -0.39 is 0 Å². The van der Waals surface area contributed by atoms with Gasteiger partial charge in [-0.2, -0.15) is 0 Å². The molecular weight excluding hydrogens is 390 g/mol. The second-order valence-electron chi connectivity index (χ2n) is 8.93. The SMILES string of the molecule is O=C1CCC(c2ccc(C#CCOC3CCN(CC4CCNCC4)CC3)cc2)C(=O)N1. The standard InChI is InChI=1S/C25H33N3O3/c29-24-8-7-23(25(30)27-24)21-5-3-19(4-6-21)2-1-17-31-22-11-15-28(16-12-22)18-20-9-13-26-14-10-20/h3-6,20,22-23,26H,7-18H2,(H,27,29,30). The Kier molecular flexibility index (Phi) is 7.74. The number of piperidine rings is 3. The molecule has 166 valence electrons. The molecule has 2 N–H and O–H groups in total. The van der Waals surface area contributed by atoms with Crippen LogP contribution < -0.4 is 10.6 Å². The normalized spacial score (nSPS) is 23.8. The Hall–Kier alpha value is -2.20. The van der Waals surface area contributed by atoms with E-state index in [1.165, 1.54) is 32.5 Å². The maximum atomic E-state index is 12.0. The van der Waals surface area contributed by atoms with E-state index in [2.05, 4.69) is 27.4 Å². The Morgan fingerprint density at radius 3 is 2.45 bits per heavy atom. The number of nitrogens with one attached hydrogen (secondary N) is 2. The summed E-state index contributed by atoms with van der Waals surface area (Å²) in [6.07, 6.45) is 6.07. The lowest BCUT2D eigenvalue weighted by molar-refractivity contribution is -0.134. The molecule has 1 aromatic carbocycles. The van der Waals surface area contributed by atoms with Crippen molar-refractivity contribution in [1.82, 2.24) is 15.5 Å². The van der Waals surface area contributed by atoms with Crippen molar-refractivity contribution in [2.75, 3.05) is 39.3 Å². The molecule has 6 nitrogen and oxygen atoms in total. The number of rotatable bonds is 5. The average Bonchev–Trinajstić information content (AvgIpc) is 2.79. The quantitative estimate of drug-likeness (QED) is 0.560. The lowest BCUT2D eigenvalue weighted by Gasteiger charge is -2.35. The monoisotopic (exact) mass is 423 g/mol. The van der Waals surface area contributed by atoms with E-state index in [9.17, 15) is 9.59 Å². The van der Waals surface area contributed by atoms with Crippen LogP contribution in [-0.4, -0.2) is 62.1 Å². The first-order valence-corrected chi connectivity index (χ1v) is 11.6. The van der Waals surface area contributed by atoms with Crippen LogP contribution in [-0.2, 0) is 14.3 Å². The van der Waals surface area contributed by atoms with Crippen molar-refractivity contribution >= 4 is 11.8 Å². The summed E-state index contributed by atoms with van der Waals surface area (Å²) in [5.74, 6) is 6.49. The van der Waals surface area contributed by atoms with Crippen LogP contribution in [0.25, 0.3) is 0 Å². The van der Waals surface area contributed by atoms with Gasteiger partial charge in [-0.15, -0.1) is 0 Å². The van der Waals surface area contributed by atoms with E-state index >= 15 is 0 Å². The first-order valence-electron chi connectivity index (χ1n) is 11.6. The molecule has 3 saturated heterocycles. The average molecular weight is 424 g/mol. The van der Waals surface area contributed by atoms with Gasteiger partial charge in [-0.3, -0.25) is 14.9 Å². The second-order valence-corrected chi connectivity index (χ2v) is 8.93. The maximum Gasteiger partial charge on any atom is 0.234 e. The molecule has 3 heterocycles. The van der Waals surface area contributed by atoms with Crippen molar-refractivity contribution < 1.29 is 14.3 Å². The lowest BCUT2D eigenvalue weighted by atomic mass is 9.90. The van der Waals surface area contributed by atoms with E-state index in [0.29, 0.717) is 25.6 Å². The van der Waals surface area contributed by atoms with Crippen molar-refractivity contribution in [3.05, 3.63) is 35.4 Å². The van der Waals surface area contributed by atoms with Crippen LogP contribution in [0.15, 0.2) is 24.3 Å². The van der Waals surface area contributed by atoms with Gasteiger partial charge in [-0.05, 0) is 68.8 Å². The predicted octanol–water partition coefficient (Wildman–Crippen LogP) is 2.04. The third kappa shape index (κ3) is 6.39. The Labute approximate surface area is 185 Å². The minimum Gasteiger partial charge on any atom is -0.365 e. The van der Waals surface area contributed by atoms with Crippen molar-refractivity contribution in [2.45, 2.75) is 50.5 Å². The predicted molar refractivity (Wildman–Crippen MR) is 119 cm³/mol.